The molecule has 0 aromatic carbocycles. The van der Waals surface area contributed by atoms with E-state index < -0.39 is 43.1 Å². The summed E-state index contributed by atoms with van der Waals surface area (Å²) in [5, 5.41) is 11.4. The minimum Gasteiger partial charge on any atom is -0.481 e. The molecule has 1 saturated heterocycles. The molecule has 0 unspecified atom stereocenters. The highest BCUT2D eigenvalue weighted by molar-refractivity contribution is 5.77. The average Bonchev–Trinajstić information content (AvgIpc) is 2.98. The van der Waals surface area contributed by atoms with E-state index in [1.165, 1.54) is 0 Å². The molecule has 2 atom stereocenters. The third kappa shape index (κ3) is 4.59. The summed E-state index contributed by atoms with van der Waals surface area (Å²) in [6.45, 7) is -0.793. The Labute approximate surface area is 136 Å². The highest BCUT2D eigenvalue weighted by Crippen LogP contribution is 2.37. The Morgan fingerprint density at radius 3 is 2.62 bits per heavy atom. The van der Waals surface area contributed by atoms with Crippen molar-refractivity contribution in [1.29, 1.82) is 0 Å². The molecule has 1 fully saturated rings. The standard InChI is InChI=1S/C15H18F3N3O3/c16-15(17,18)12-9-21(8-11(12)13(22)23)14(24)20-7-3-5-10-4-1-2-6-19-10/h1-2,4,6,11-12H,3,5,7-9H2,(H,20,24)(H,22,23)/t11-,12-/m1/s1. The average molecular weight is 345 g/mol. The van der Waals surface area contributed by atoms with Crippen LogP contribution in [0, 0.1) is 11.8 Å². The lowest BCUT2D eigenvalue weighted by atomic mass is 9.96. The number of alkyl halides is 3. The fraction of sp³-hybridized carbons (Fsp3) is 0.533. The summed E-state index contributed by atoms with van der Waals surface area (Å²) in [5.74, 6) is -5.19. The van der Waals surface area contributed by atoms with Crippen LogP contribution in [0.3, 0.4) is 0 Å². The number of hydrogen-bond acceptors (Lipinski definition) is 3. The van der Waals surface area contributed by atoms with Gasteiger partial charge in [-0.25, -0.2) is 4.79 Å². The molecule has 2 rings (SSSR count). The maximum Gasteiger partial charge on any atom is 0.394 e. The van der Waals surface area contributed by atoms with Gasteiger partial charge >= 0.3 is 18.2 Å². The predicted molar refractivity (Wildman–Crippen MR) is 78.2 cm³/mol. The van der Waals surface area contributed by atoms with Gasteiger partial charge in [0.25, 0.3) is 0 Å². The van der Waals surface area contributed by atoms with Crippen molar-refractivity contribution in [2.75, 3.05) is 19.6 Å². The van der Waals surface area contributed by atoms with Crippen LogP contribution in [0.15, 0.2) is 24.4 Å². The van der Waals surface area contributed by atoms with Crippen molar-refractivity contribution < 1.29 is 27.9 Å². The Morgan fingerprint density at radius 2 is 2.08 bits per heavy atom. The number of carboxylic acids is 1. The summed E-state index contributed by atoms with van der Waals surface area (Å²) in [6, 6.07) is 4.80. The molecule has 132 valence electrons. The van der Waals surface area contributed by atoms with E-state index in [1.807, 2.05) is 12.1 Å². The van der Waals surface area contributed by atoms with Crippen molar-refractivity contribution in [2.45, 2.75) is 19.0 Å². The Kier molecular flexibility index (Phi) is 5.63. The van der Waals surface area contributed by atoms with Crippen molar-refractivity contribution in [2.24, 2.45) is 11.8 Å². The quantitative estimate of drug-likeness (QED) is 0.799. The number of rotatable bonds is 5. The van der Waals surface area contributed by atoms with E-state index in [0.29, 0.717) is 12.8 Å². The van der Waals surface area contributed by atoms with Crippen molar-refractivity contribution in [3.8, 4) is 0 Å². The molecule has 0 spiro atoms. The van der Waals surface area contributed by atoms with E-state index in [-0.39, 0.29) is 6.54 Å². The summed E-state index contributed by atoms with van der Waals surface area (Å²) in [4.78, 5) is 28.0. The van der Waals surface area contributed by atoms with Gasteiger partial charge in [0.2, 0.25) is 0 Å². The van der Waals surface area contributed by atoms with Crippen LogP contribution in [-0.2, 0) is 11.2 Å². The van der Waals surface area contributed by atoms with Gasteiger partial charge in [0.05, 0.1) is 11.8 Å². The summed E-state index contributed by atoms with van der Waals surface area (Å²) in [7, 11) is 0. The molecule has 0 bridgehead atoms. The van der Waals surface area contributed by atoms with Crippen molar-refractivity contribution >= 4 is 12.0 Å². The summed E-state index contributed by atoms with van der Waals surface area (Å²) in [5.41, 5.74) is 0.857. The predicted octanol–water partition coefficient (Wildman–Crippen LogP) is 1.92. The molecule has 2 heterocycles. The number of halogens is 3. The Hall–Kier alpha value is -2.32. The molecule has 0 aliphatic carbocycles. The Morgan fingerprint density at radius 1 is 1.33 bits per heavy atom. The van der Waals surface area contributed by atoms with Gasteiger partial charge in [-0.15, -0.1) is 0 Å². The zero-order chi connectivity index (χ0) is 17.7. The first kappa shape index (κ1) is 18.0. The normalized spacial score (nSPS) is 20.9. The molecular weight excluding hydrogens is 327 g/mol. The highest BCUT2D eigenvalue weighted by atomic mass is 19.4. The minimum atomic E-state index is -4.64. The van der Waals surface area contributed by atoms with Crippen LogP contribution < -0.4 is 5.32 Å². The third-order valence-corrected chi connectivity index (χ3v) is 3.96. The number of carboxylic acid groups (broad SMARTS) is 1. The first-order valence-corrected chi connectivity index (χ1v) is 7.51. The second-order valence-electron chi connectivity index (χ2n) is 5.65. The third-order valence-electron chi connectivity index (χ3n) is 3.96. The Balaban J connectivity index is 1.81. The molecule has 0 radical (unpaired) electrons. The molecule has 1 aromatic heterocycles. The van der Waals surface area contributed by atoms with Crippen molar-refractivity contribution in [3.05, 3.63) is 30.1 Å². The molecule has 1 aliphatic heterocycles. The summed E-state index contributed by atoms with van der Waals surface area (Å²) in [6.07, 6.45) is -1.77. The second-order valence-corrected chi connectivity index (χ2v) is 5.65. The molecule has 1 aromatic rings. The number of pyridine rings is 1. The van der Waals surface area contributed by atoms with Crippen LogP contribution in [0.5, 0.6) is 0 Å². The minimum absolute atomic E-state index is 0.278. The molecule has 24 heavy (non-hydrogen) atoms. The lowest BCUT2D eigenvalue weighted by Gasteiger charge is -2.18. The fourth-order valence-corrected chi connectivity index (χ4v) is 2.67. The number of aromatic nitrogens is 1. The van der Waals surface area contributed by atoms with Gasteiger partial charge in [-0.1, -0.05) is 6.07 Å². The van der Waals surface area contributed by atoms with Gasteiger partial charge in [0.1, 0.15) is 0 Å². The van der Waals surface area contributed by atoms with E-state index in [2.05, 4.69) is 10.3 Å². The van der Waals surface area contributed by atoms with E-state index in [0.717, 1.165) is 10.6 Å². The number of likely N-dealkylation sites (tertiary alicyclic amines) is 1. The number of hydrogen-bond donors (Lipinski definition) is 2. The highest BCUT2D eigenvalue weighted by Gasteiger charge is 2.53. The van der Waals surface area contributed by atoms with E-state index >= 15 is 0 Å². The zero-order valence-corrected chi connectivity index (χ0v) is 12.8. The van der Waals surface area contributed by atoms with Crippen LogP contribution in [0.25, 0.3) is 0 Å². The van der Waals surface area contributed by atoms with E-state index in [1.54, 1.807) is 12.3 Å². The number of aliphatic carboxylic acids is 1. The van der Waals surface area contributed by atoms with Gasteiger partial charge in [-0.3, -0.25) is 9.78 Å². The summed E-state index contributed by atoms with van der Waals surface area (Å²) >= 11 is 0. The molecule has 2 N–H and O–H groups in total. The molecule has 6 nitrogen and oxygen atoms in total. The van der Waals surface area contributed by atoms with Gasteiger partial charge in [0, 0.05) is 31.5 Å². The SMILES string of the molecule is O=C(O)[C@@H]1CN(C(=O)NCCCc2ccccn2)C[C@H]1C(F)(F)F. The van der Waals surface area contributed by atoms with Crippen LogP contribution in [0.4, 0.5) is 18.0 Å². The van der Waals surface area contributed by atoms with Crippen molar-refractivity contribution in [1.82, 2.24) is 15.2 Å². The molecular formula is C15H18F3N3O3. The van der Waals surface area contributed by atoms with E-state index in [9.17, 15) is 22.8 Å². The number of urea groups is 1. The maximum absolute atomic E-state index is 12.9. The Bertz CT molecular complexity index is 580. The van der Waals surface area contributed by atoms with Gasteiger partial charge in [0.15, 0.2) is 0 Å². The number of aryl methyl sites for hydroxylation is 1. The first-order valence-electron chi connectivity index (χ1n) is 7.51. The number of nitrogens with one attached hydrogen (secondary N) is 1. The van der Waals surface area contributed by atoms with Crippen LogP contribution in [-0.4, -0.2) is 52.8 Å². The smallest absolute Gasteiger partial charge is 0.394 e. The van der Waals surface area contributed by atoms with Crippen LogP contribution in [0.2, 0.25) is 0 Å². The fourth-order valence-electron chi connectivity index (χ4n) is 2.67. The lowest BCUT2D eigenvalue weighted by molar-refractivity contribution is -0.187. The molecule has 1 aliphatic rings. The zero-order valence-electron chi connectivity index (χ0n) is 12.8. The van der Waals surface area contributed by atoms with Crippen LogP contribution in [0.1, 0.15) is 12.1 Å². The number of amides is 2. The molecule has 2 amide bonds. The molecule has 9 heteroatoms. The second kappa shape index (κ2) is 7.50. The van der Waals surface area contributed by atoms with Gasteiger partial charge in [-0.2, -0.15) is 13.2 Å². The topological polar surface area (TPSA) is 82.5 Å². The molecule has 0 saturated carbocycles. The number of carbonyl (C=O) groups is 2. The first-order chi connectivity index (χ1) is 11.3. The van der Waals surface area contributed by atoms with E-state index in [4.69, 9.17) is 5.11 Å². The van der Waals surface area contributed by atoms with Crippen molar-refractivity contribution in [3.63, 3.8) is 0 Å². The summed E-state index contributed by atoms with van der Waals surface area (Å²) < 4.78 is 38.6. The largest absolute Gasteiger partial charge is 0.481 e. The number of carbonyl (C=O) groups excluding carboxylic acids is 1. The van der Waals surface area contributed by atoms with Gasteiger partial charge in [-0.05, 0) is 25.0 Å². The van der Waals surface area contributed by atoms with Crippen LogP contribution >= 0.6 is 0 Å². The maximum atomic E-state index is 12.9. The van der Waals surface area contributed by atoms with Gasteiger partial charge < -0.3 is 15.3 Å². The number of nitrogens with zero attached hydrogens (tertiary/aromatic N) is 2. The lowest BCUT2D eigenvalue weighted by Crippen LogP contribution is -2.40. The monoisotopic (exact) mass is 345 g/mol.